The highest BCUT2D eigenvalue weighted by Crippen LogP contribution is 1.83. The SMILES string of the molecule is CCO[SiH](C)OC=O. The summed E-state index contributed by atoms with van der Waals surface area (Å²) in [5.74, 6) is 0. The van der Waals surface area contributed by atoms with Gasteiger partial charge in [-0.05, 0) is 13.5 Å². The van der Waals surface area contributed by atoms with Crippen molar-refractivity contribution in [2.24, 2.45) is 0 Å². The van der Waals surface area contributed by atoms with E-state index < -0.39 is 9.28 Å². The van der Waals surface area contributed by atoms with Crippen LogP contribution in [0.4, 0.5) is 0 Å². The van der Waals surface area contributed by atoms with Gasteiger partial charge in [0.05, 0.1) is 0 Å². The van der Waals surface area contributed by atoms with E-state index in [1.807, 2.05) is 6.92 Å². The molecule has 0 saturated carbocycles. The lowest BCUT2D eigenvalue weighted by Crippen LogP contribution is -2.16. The van der Waals surface area contributed by atoms with Gasteiger partial charge in [0.15, 0.2) is 0 Å². The zero-order chi connectivity index (χ0) is 6.41. The fourth-order valence-electron chi connectivity index (χ4n) is 0.352. The van der Waals surface area contributed by atoms with Crippen molar-refractivity contribution in [1.29, 1.82) is 0 Å². The van der Waals surface area contributed by atoms with Crippen molar-refractivity contribution in [2.45, 2.75) is 13.5 Å². The van der Waals surface area contributed by atoms with E-state index >= 15 is 0 Å². The van der Waals surface area contributed by atoms with Gasteiger partial charge in [0.2, 0.25) is 0 Å². The molecule has 0 heterocycles. The molecule has 0 aliphatic carbocycles. The first kappa shape index (κ1) is 7.65. The monoisotopic (exact) mass is 134 g/mol. The fourth-order valence-corrected chi connectivity index (χ4v) is 1.06. The number of hydrogen-bond donors (Lipinski definition) is 0. The van der Waals surface area contributed by atoms with Gasteiger partial charge in [-0.1, -0.05) is 0 Å². The minimum Gasteiger partial charge on any atom is -0.499 e. The smallest absolute Gasteiger partial charge is 0.381 e. The van der Waals surface area contributed by atoms with E-state index in [9.17, 15) is 4.79 Å². The summed E-state index contributed by atoms with van der Waals surface area (Å²) >= 11 is 0. The second-order valence-corrected chi connectivity index (χ2v) is 3.00. The maximum atomic E-state index is 9.62. The largest absolute Gasteiger partial charge is 0.499 e. The van der Waals surface area contributed by atoms with E-state index in [0.717, 1.165) is 0 Å². The van der Waals surface area contributed by atoms with Crippen LogP contribution in [-0.2, 0) is 13.6 Å². The van der Waals surface area contributed by atoms with Gasteiger partial charge in [-0.3, -0.25) is 4.79 Å². The van der Waals surface area contributed by atoms with E-state index in [0.29, 0.717) is 13.1 Å². The zero-order valence-corrected chi connectivity index (χ0v) is 6.24. The Morgan fingerprint density at radius 1 is 1.75 bits per heavy atom. The molecule has 8 heavy (non-hydrogen) atoms. The van der Waals surface area contributed by atoms with E-state index in [1.165, 1.54) is 0 Å². The number of carbonyl (C=O) groups is 1. The first-order valence-electron chi connectivity index (χ1n) is 2.52. The Hall–Kier alpha value is -0.353. The maximum Gasteiger partial charge on any atom is 0.381 e. The molecule has 0 aromatic carbocycles. The molecule has 0 fully saturated rings. The molecule has 0 saturated heterocycles. The summed E-state index contributed by atoms with van der Waals surface area (Å²) < 4.78 is 9.49. The van der Waals surface area contributed by atoms with Gasteiger partial charge in [0.25, 0.3) is 6.47 Å². The fraction of sp³-hybridized carbons (Fsp3) is 0.750. The molecule has 0 radical (unpaired) electrons. The maximum absolute atomic E-state index is 9.62. The quantitative estimate of drug-likeness (QED) is 0.402. The predicted molar refractivity (Wildman–Crippen MR) is 31.8 cm³/mol. The van der Waals surface area contributed by atoms with Crippen LogP contribution in [0.25, 0.3) is 0 Å². The Morgan fingerprint density at radius 2 is 2.38 bits per heavy atom. The molecule has 0 rings (SSSR count). The third-order valence-corrected chi connectivity index (χ3v) is 1.95. The Labute approximate surface area is 50.4 Å². The minimum absolute atomic E-state index is 0.437. The lowest BCUT2D eigenvalue weighted by Gasteiger charge is -2.04. The average Bonchev–Trinajstić information content (AvgIpc) is 1.68. The molecule has 1 unspecified atom stereocenters. The molecule has 0 aromatic heterocycles. The lowest BCUT2D eigenvalue weighted by atomic mass is 10.9. The summed E-state index contributed by atoms with van der Waals surface area (Å²) in [5, 5.41) is 0. The normalized spacial score (nSPS) is 12.8. The Morgan fingerprint density at radius 3 is 2.75 bits per heavy atom. The lowest BCUT2D eigenvalue weighted by molar-refractivity contribution is -0.122. The second kappa shape index (κ2) is 4.80. The molecule has 0 aliphatic heterocycles. The van der Waals surface area contributed by atoms with Gasteiger partial charge in [-0.15, -0.1) is 0 Å². The van der Waals surface area contributed by atoms with Gasteiger partial charge in [-0.25, -0.2) is 0 Å². The van der Waals surface area contributed by atoms with Crippen LogP contribution < -0.4 is 0 Å². The van der Waals surface area contributed by atoms with E-state index in [1.54, 1.807) is 6.55 Å². The molecule has 0 aromatic rings. The summed E-state index contributed by atoms with van der Waals surface area (Å²) in [6.07, 6.45) is 0. The summed E-state index contributed by atoms with van der Waals surface area (Å²) in [7, 11) is -1.57. The highest BCUT2D eigenvalue weighted by Gasteiger charge is 2.01. The molecular formula is C4H10O3Si. The number of hydrogen-bond acceptors (Lipinski definition) is 3. The third-order valence-electron chi connectivity index (χ3n) is 0.649. The van der Waals surface area contributed by atoms with E-state index in [4.69, 9.17) is 4.43 Å². The third kappa shape index (κ3) is 3.82. The molecule has 3 nitrogen and oxygen atoms in total. The average molecular weight is 134 g/mol. The first-order valence-corrected chi connectivity index (χ1v) is 4.61. The van der Waals surface area contributed by atoms with Crippen molar-refractivity contribution in [3.63, 3.8) is 0 Å². The van der Waals surface area contributed by atoms with Crippen LogP contribution in [0.3, 0.4) is 0 Å². The summed E-state index contributed by atoms with van der Waals surface area (Å²) in [6.45, 7) is 4.74. The van der Waals surface area contributed by atoms with Crippen LogP contribution in [0.15, 0.2) is 0 Å². The van der Waals surface area contributed by atoms with Gasteiger partial charge in [-0.2, -0.15) is 0 Å². The van der Waals surface area contributed by atoms with Crippen molar-refractivity contribution in [2.75, 3.05) is 6.61 Å². The van der Waals surface area contributed by atoms with Gasteiger partial charge in [0, 0.05) is 6.61 Å². The highest BCUT2D eigenvalue weighted by atomic mass is 28.3. The van der Waals surface area contributed by atoms with Gasteiger partial charge < -0.3 is 8.85 Å². The van der Waals surface area contributed by atoms with Crippen LogP contribution in [0.2, 0.25) is 6.55 Å². The Bertz CT molecular complexity index is 66.3. The molecule has 0 aliphatic rings. The number of rotatable bonds is 4. The van der Waals surface area contributed by atoms with Crippen molar-refractivity contribution in [3.8, 4) is 0 Å². The van der Waals surface area contributed by atoms with Crippen LogP contribution in [0.1, 0.15) is 6.92 Å². The second-order valence-electron chi connectivity index (χ2n) is 1.26. The molecule has 0 amide bonds. The zero-order valence-electron chi connectivity index (χ0n) is 5.09. The Kier molecular flexibility index (Phi) is 4.59. The Balaban J connectivity index is 3.03. The van der Waals surface area contributed by atoms with Crippen LogP contribution in [0, 0.1) is 0 Å². The summed E-state index contributed by atoms with van der Waals surface area (Å²) in [6, 6.07) is 0. The predicted octanol–water partition coefficient (Wildman–Crippen LogP) is 0.0462. The van der Waals surface area contributed by atoms with Crippen molar-refractivity contribution in [3.05, 3.63) is 0 Å². The van der Waals surface area contributed by atoms with Crippen molar-refractivity contribution >= 4 is 15.8 Å². The molecular weight excluding hydrogens is 124 g/mol. The van der Waals surface area contributed by atoms with Crippen LogP contribution in [-0.4, -0.2) is 22.4 Å². The topological polar surface area (TPSA) is 35.5 Å². The van der Waals surface area contributed by atoms with E-state index in [2.05, 4.69) is 4.43 Å². The van der Waals surface area contributed by atoms with Gasteiger partial charge >= 0.3 is 9.28 Å². The molecule has 0 N–H and O–H groups in total. The molecule has 1 atom stereocenters. The van der Waals surface area contributed by atoms with Crippen LogP contribution in [0.5, 0.6) is 0 Å². The highest BCUT2D eigenvalue weighted by molar-refractivity contribution is 6.44. The van der Waals surface area contributed by atoms with Crippen LogP contribution >= 0.6 is 0 Å². The first-order chi connectivity index (χ1) is 3.81. The molecule has 48 valence electrons. The molecule has 0 spiro atoms. The standard InChI is InChI=1S/C4H10O3Si/c1-3-6-8(2)7-4-5/h4,8H,3H2,1-2H3. The van der Waals surface area contributed by atoms with E-state index in [-0.39, 0.29) is 0 Å². The van der Waals surface area contributed by atoms with Crippen molar-refractivity contribution in [1.82, 2.24) is 0 Å². The minimum atomic E-state index is -1.57. The number of carbonyl (C=O) groups excluding carboxylic acids is 1. The summed E-state index contributed by atoms with van der Waals surface area (Å²) in [5.41, 5.74) is 0. The van der Waals surface area contributed by atoms with Gasteiger partial charge in [0.1, 0.15) is 0 Å². The molecule has 0 bridgehead atoms. The summed E-state index contributed by atoms with van der Waals surface area (Å²) in [4.78, 5) is 9.62. The van der Waals surface area contributed by atoms with Crippen molar-refractivity contribution < 1.29 is 13.6 Å². The molecule has 4 heteroatoms.